The summed E-state index contributed by atoms with van der Waals surface area (Å²) in [4.78, 5) is 54.3. The minimum atomic E-state index is -5.45. The number of hydrogen-bond donors (Lipinski definition) is 2. The summed E-state index contributed by atoms with van der Waals surface area (Å²) >= 11 is 0. The Morgan fingerprint density at radius 3 is 1.71 bits per heavy atom. The molecule has 2 aliphatic rings. The van der Waals surface area contributed by atoms with Crippen LogP contribution in [0.1, 0.15) is 71.0 Å². The standard InChI is InChI=1S/C32H51F2N4O12PSi/c1-12-19-21(23(44-8)27(47-19)37-15-17(3)25(39)35-29(37)41)49-51(43,46-13-2)32(33,34)14-20-22(50-52(10,11)31(5,6)7)24(45-9)28(48-20)38-16-18(4)26(40)36-30(38)42/h15-16,19-24,27-28H,12-14H2,1-11H3,(H,35,39,41)(H,36,40,42)/t19-,20-,21-,22-,23-,24-,27-,28-,51?/m1/s1. The number of aryl methyl sites for hydroxylation is 2. The van der Waals surface area contributed by atoms with Crippen molar-refractivity contribution in [1.29, 1.82) is 0 Å². The molecule has 0 aliphatic carbocycles. The van der Waals surface area contributed by atoms with E-state index in [0.717, 1.165) is 9.13 Å². The van der Waals surface area contributed by atoms with E-state index in [-0.39, 0.29) is 22.6 Å². The van der Waals surface area contributed by atoms with Crippen LogP contribution in [0.25, 0.3) is 0 Å². The molecule has 16 nitrogen and oxygen atoms in total. The first-order valence-electron chi connectivity index (χ1n) is 17.1. The fraction of sp³-hybridized carbons (Fsp3) is 0.750. The lowest BCUT2D eigenvalue weighted by atomic mass is 10.1. The summed E-state index contributed by atoms with van der Waals surface area (Å²) in [5.74, 6) is 0. The van der Waals surface area contributed by atoms with Gasteiger partial charge in [-0.1, -0.05) is 27.7 Å². The Bertz CT molecular complexity index is 1870. The molecule has 2 fully saturated rings. The predicted molar refractivity (Wildman–Crippen MR) is 188 cm³/mol. The highest BCUT2D eigenvalue weighted by Crippen LogP contribution is 2.66. The van der Waals surface area contributed by atoms with E-state index in [1.807, 2.05) is 33.9 Å². The van der Waals surface area contributed by atoms with E-state index >= 15 is 8.78 Å². The van der Waals surface area contributed by atoms with Crippen molar-refractivity contribution < 1.29 is 45.8 Å². The molecule has 294 valence electrons. The first-order valence-corrected chi connectivity index (χ1v) is 21.5. The molecule has 2 N–H and O–H groups in total. The molecule has 0 spiro atoms. The highest BCUT2D eigenvalue weighted by molar-refractivity contribution is 7.55. The number of aromatic nitrogens is 4. The minimum absolute atomic E-state index is 0.164. The molecule has 1 unspecified atom stereocenters. The fourth-order valence-corrected chi connectivity index (χ4v) is 9.12. The third kappa shape index (κ3) is 8.07. The molecule has 0 saturated carbocycles. The third-order valence-corrected chi connectivity index (χ3v) is 16.6. The van der Waals surface area contributed by atoms with Crippen LogP contribution in [0.2, 0.25) is 18.1 Å². The van der Waals surface area contributed by atoms with Crippen LogP contribution in [0.4, 0.5) is 8.78 Å². The topological polar surface area (TPSA) is 191 Å². The number of methoxy groups -OCH3 is 2. The molecule has 4 rings (SSSR count). The monoisotopic (exact) mass is 780 g/mol. The van der Waals surface area contributed by atoms with Gasteiger partial charge < -0.3 is 27.9 Å². The molecule has 2 aromatic rings. The van der Waals surface area contributed by atoms with Gasteiger partial charge in [-0.15, -0.1) is 0 Å². The Labute approximate surface area is 300 Å². The maximum atomic E-state index is 16.8. The first-order chi connectivity index (χ1) is 24.1. The van der Waals surface area contributed by atoms with Crippen molar-refractivity contribution >= 4 is 15.9 Å². The van der Waals surface area contributed by atoms with E-state index < -0.39 is 106 Å². The summed E-state index contributed by atoms with van der Waals surface area (Å²) in [7, 11) is -5.62. The second-order valence-corrected chi connectivity index (χ2v) is 21.5. The lowest BCUT2D eigenvalue weighted by molar-refractivity contribution is -0.0809. The average Bonchev–Trinajstić information content (AvgIpc) is 3.55. The highest BCUT2D eigenvalue weighted by atomic mass is 31.2. The van der Waals surface area contributed by atoms with E-state index in [1.165, 1.54) is 47.4 Å². The number of halogens is 2. The highest BCUT2D eigenvalue weighted by Gasteiger charge is 2.62. The van der Waals surface area contributed by atoms with Gasteiger partial charge in [0, 0.05) is 37.7 Å². The molecule has 2 aliphatic heterocycles. The zero-order chi connectivity index (χ0) is 39.1. The Hall–Kier alpha value is -2.61. The van der Waals surface area contributed by atoms with Gasteiger partial charge in [-0.3, -0.25) is 37.8 Å². The molecule has 9 atom stereocenters. The van der Waals surface area contributed by atoms with Crippen molar-refractivity contribution in [2.45, 2.75) is 134 Å². The zero-order valence-electron chi connectivity index (χ0n) is 31.4. The summed E-state index contributed by atoms with van der Waals surface area (Å²) in [6.07, 6.45) is -8.62. The van der Waals surface area contributed by atoms with E-state index in [2.05, 4.69) is 9.97 Å². The van der Waals surface area contributed by atoms with E-state index in [0.29, 0.717) is 0 Å². The molecule has 0 bridgehead atoms. The maximum absolute atomic E-state index is 16.8. The summed E-state index contributed by atoms with van der Waals surface area (Å²) in [6, 6.07) is 0. The fourth-order valence-electron chi connectivity index (χ4n) is 6.08. The Balaban J connectivity index is 1.75. The number of rotatable bonds is 14. The Morgan fingerprint density at radius 1 is 0.827 bits per heavy atom. The largest absolute Gasteiger partial charge is 0.408 e. The molecule has 52 heavy (non-hydrogen) atoms. The molecular weight excluding hydrogens is 729 g/mol. The average molecular weight is 781 g/mol. The van der Waals surface area contributed by atoms with Crippen LogP contribution in [-0.4, -0.2) is 90.5 Å². The van der Waals surface area contributed by atoms with Gasteiger partial charge in [0.1, 0.15) is 24.4 Å². The number of nitrogens with zero attached hydrogens (tertiary/aromatic N) is 2. The van der Waals surface area contributed by atoms with Crippen LogP contribution >= 0.6 is 7.60 Å². The van der Waals surface area contributed by atoms with Crippen molar-refractivity contribution in [2.75, 3.05) is 20.8 Å². The molecule has 4 heterocycles. The minimum Gasteiger partial charge on any atom is -0.408 e. The number of alkyl halides is 2. The van der Waals surface area contributed by atoms with Crippen molar-refractivity contribution in [1.82, 2.24) is 19.1 Å². The zero-order valence-corrected chi connectivity index (χ0v) is 33.3. The molecule has 2 saturated heterocycles. The molecule has 0 radical (unpaired) electrons. The third-order valence-electron chi connectivity index (χ3n) is 10.0. The van der Waals surface area contributed by atoms with Gasteiger partial charge in [0.15, 0.2) is 20.8 Å². The molecule has 20 heteroatoms. The van der Waals surface area contributed by atoms with Crippen molar-refractivity contribution in [2.24, 2.45) is 0 Å². The van der Waals surface area contributed by atoms with Gasteiger partial charge in [-0.2, -0.15) is 8.78 Å². The second-order valence-electron chi connectivity index (χ2n) is 14.6. The molecule has 0 aromatic carbocycles. The van der Waals surface area contributed by atoms with Crippen LogP contribution in [0.5, 0.6) is 0 Å². The van der Waals surface area contributed by atoms with Crippen molar-refractivity contribution in [3.8, 4) is 0 Å². The lowest BCUT2D eigenvalue weighted by Gasteiger charge is -2.41. The SMILES string of the molecule is CCOP(=O)(O[C@H]1[C@@H](OC)[C@H](n2cc(C)c(=O)[nH]c2=O)O[C@@H]1CC)C(F)(F)C[C@H]1O[C@@H](n2cc(C)c(=O)[nH]c2=O)[C@H](OC)[C@@H]1O[Si](C)(C)C(C)(C)C. The summed E-state index contributed by atoms with van der Waals surface area (Å²) in [6.45, 7) is 15.3. The van der Waals surface area contributed by atoms with Crippen LogP contribution in [0.3, 0.4) is 0 Å². The second kappa shape index (κ2) is 15.6. The lowest BCUT2D eigenvalue weighted by Crippen LogP contribution is -2.50. The van der Waals surface area contributed by atoms with Gasteiger partial charge in [-0.05, 0) is 45.3 Å². The van der Waals surface area contributed by atoms with Gasteiger partial charge in [0.25, 0.3) is 11.1 Å². The van der Waals surface area contributed by atoms with Crippen LogP contribution in [-0.2, 0) is 37.0 Å². The van der Waals surface area contributed by atoms with Crippen LogP contribution in [0, 0.1) is 13.8 Å². The molecular formula is C32H51F2N4O12PSi. The normalized spacial score (nSPS) is 28.3. The predicted octanol–water partition coefficient (Wildman–Crippen LogP) is 3.93. The summed E-state index contributed by atoms with van der Waals surface area (Å²) < 4.78 is 91.5. The van der Waals surface area contributed by atoms with Crippen molar-refractivity contribution in [3.05, 3.63) is 65.2 Å². The number of H-pyrrole nitrogens is 2. The number of ether oxygens (including phenoxy) is 4. The smallest absolute Gasteiger partial charge is 0.400 e. The van der Waals surface area contributed by atoms with Gasteiger partial charge in [0.2, 0.25) is 0 Å². The van der Waals surface area contributed by atoms with Crippen LogP contribution < -0.4 is 22.5 Å². The number of hydrogen-bond acceptors (Lipinski definition) is 12. The number of aromatic amines is 2. The van der Waals surface area contributed by atoms with Crippen LogP contribution in [0.15, 0.2) is 31.6 Å². The summed E-state index contributed by atoms with van der Waals surface area (Å²) in [5, 5.41) is -0.388. The van der Waals surface area contributed by atoms with Crippen molar-refractivity contribution in [3.63, 3.8) is 0 Å². The first kappa shape index (κ1) is 42.1. The number of nitrogens with one attached hydrogen (secondary N) is 2. The van der Waals surface area contributed by atoms with Gasteiger partial charge in [-0.25, -0.2) is 9.59 Å². The summed E-state index contributed by atoms with van der Waals surface area (Å²) in [5.41, 5.74) is -6.81. The van der Waals surface area contributed by atoms with Gasteiger partial charge >= 0.3 is 24.6 Å². The van der Waals surface area contributed by atoms with E-state index in [4.69, 9.17) is 32.4 Å². The van der Waals surface area contributed by atoms with Gasteiger partial charge in [0.05, 0.1) is 25.2 Å². The Morgan fingerprint density at radius 2 is 1.29 bits per heavy atom. The molecule has 0 amide bonds. The van der Waals surface area contributed by atoms with E-state index in [1.54, 1.807) is 6.92 Å². The molecule has 2 aromatic heterocycles. The Kier molecular flexibility index (Phi) is 12.7. The van der Waals surface area contributed by atoms with E-state index in [9.17, 15) is 23.7 Å². The maximum Gasteiger partial charge on any atom is 0.400 e. The quantitative estimate of drug-likeness (QED) is 0.208.